The van der Waals surface area contributed by atoms with Crippen molar-refractivity contribution in [2.24, 2.45) is 5.73 Å². The SMILES string of the molecule is CCCc1ccccc1N(C(N)=O)C(=O)c1c(Cl)cccc1Cl. The predicted octanol–water partition coefficient (Wildman–Crippen LogP) is 4.67. The van der Waals surface area contributed by atoms with Crippen LogP contribution in [0, 0.1) is 0 Å². The molecule has 0 spiro atoms. The molecule has 0 radical (unpaired) electrons. The summed E-state index contributed by atoms with van der Waals surface area (Å²) in [6.45, 7) is 2.01. The molecule has 0 fully saturated rings. The zero-order valence-electron chi connectivity index (χ0n) is 12.6. The standard InChI is InChI=1S/C17H16Cl2N2O2/c1-2-6-11-7-3-4-10-14(11)21(17(20)23)16(22)15-12(18)8-5-9-13(15)19/h3-5,7-10H,2,6H2,1H3,(H2,20,23). The van der Waals surface area contributed by atoms with Gasteiger partial charge in [0.2, 0.25) is 0 Å². The number of rotatable bonds is 4. The van der Waals surface area contributed by atoms with Crippen LogP contribution in [-0.2, 0) is 6.42 Å². The number of carbonyl (C=O) groups is 2. The van der Waals surface area contributed by atoms with E-state index >= 15 is 0 Å². The number of carbonyl (C=O) groups excluding carboxylic acids is 2. The van der Waals surface area contributed by atoms with Crippen LogP contribution in [0.5, 0.6) is 0 Å². The molecule has 0 saturated carbocycles. The van der Waals surface area contributed by atoms with Crippen molar-refractivity contribution in [3.05, 3.63) is 63.6 Å². The molecule has 0 unspecified atom stereocenters. The van der Waals surface area contributed by atoms with Gasteiger partial charge in [-0.05, 0) is 30.2 Å². The first-order valence-corrected chi connectivity index (χ1v) is 7.88. The summed E-state index contributed by atoms with van der Waals surface area (Å²) in [5.41, 5.74) is 6.81. The number of halogens is 2. The van der Waals surface area contributed by atoms with E-state index in [1.165, 1.54) is 12.1 Å². The molecule has 2 aromatic carbocycles. The van der Waals surface area contributed by atoms with Crippen molar-refractivity contribution < 1.29 is 9.59 Å². The highest BCUT2D eigenvalue weighted by Crippen LogP contribution is 2.29. The third-order valence-electron chi connectivity index (χ3n) is 3.35. The van der Waals surface area contributed by atoms with E-state index in [4.69, 9.17) is 28.9 Å². The molecular formula is C17H16Cl2N2O2. The van der Waals surface area contributed by atoms with Crippen LogP contribution >= 0.6 is 23.2 Å². The molecule has 23 heavy (non-hydrogen) atoms. The molecule has 0 aliphatic carbocycles. The lowest BCUT2D eigenvalue weighted by Crippen LogP contribution is -2.41. The number of amides is 3. The Morgan fingerprint density at radius 2 is 1.65 bits per heavy atom. The number of nitrogens with two attached hydrogens (primary N) is 1. The first-order valence-electron chi connectivity index (χ1n) is 7.13. The minimum absolute atomic E-state index is 0.0564. The Hall–Kier alpha value is -2.04. The number of nitrogens with zero attached hydrogens (tertiary/aromatic N) is 1. The van der Waals surface area contributed by atoms with Gasteiger partial charge in [-0.25, -0.2) is 9.69 Å². The Kier molecular flexibility index (Phi) is 5.64. The summed E-state index contributed by atoms with van der Waals surface area (Å²) in [5.74, 6) is -0.642. The summed E-state index contributed by atoms with van der Waals surface area (Å²) in [7, 11) is 0. The molecule has 120 valence electrons. The van der Waals surface area contributed by atoms with Crippen molar-refractivity contribution in [3.8, 4) is 0 Å². The normalized spacial score (nSPS) is 10.4. The number of benzene rings is 2. The zero-order chi connectivity index (χ0) is 17.0. The number of hydrogen-bond donors (Lipinski definition) is 1. The molecular weight excluding hydrogens is 335 g/mol. The Morgan fingerprint density at radius 3 is 2.22 bits per heavy atom. The van der Waals surface area contributed by atoms with Gasteiger partial charge in [0.1, 0.15) is 0 Å². The smallest absolute Gasteiger partial charge is 0.326 e. The molecule has 3 amide bonds. The Balaban J connectivity index is 2.56. The van der Waals surface area contributed by atoms with Gasteiger partial charge in [-0.15, -0.1) is 0 Å². The van der Waals surface area contributed by atoms with E-state index in [0.29, 0.717) is 12.1 Å². The van der Waals surface area contributed by atoms with Gasteiger partial charge in [0, 0.05) is 0 Å². The molecule has 6 heteroatoms. The van der Waals surface area contributed by atoms with Gasteiger partial charge in [-0.3, -0.25) is 4.79 Å². The largest absolute Gasteiger partial charge is 0.351 e. The van der Waals surface area contributed by atoms with Gasteiger partial charge in [0.15, 0.2) is 0 Å². The molecule has 0 saturated heterocycles. The van der Waals surface area contributed by atoms with Crippen LogP contribution in [0.3, 0.4) is 0 Å². The average molecular weight is 351 g/mol. The molecule has 0 heterocycles. The second-order valence-corrected chi connectivity index (χ2v) is 5.77. The fraction of sp³-hybridized carbons (Fsp3) is 0.176. The molecule has 4 nitrogen and oxygen atoms in total. The Morgan fingerprint density at radius 1 is 1.04 bits per heavy atom. The first-order chi connectivity index (χ1) is 11.0. The van der Waals surface area contributed by atoms with Crippen LogP contribution in [-0.4, -0.2) is 11.9 Å². The van der Waals surface area contributed by atoms with Crippen molar-refractivity contribution in [3.63, 3.8) is 0 Å². The molecule has 0 aromatic heterocycles. The number of primary amides is 1. The molecule has 2 rings (SSSR count). The van der Waals surface area contributed by atoms with Crippen molar-refractivity contribution in [2.75, 3.05) is 4.90 Å². The molecule has 0 aliphatic rings. The second kappa shape index (κ2) is 7.49. The van der Waals surface area contributed by atoms with Crippen LogP contribution in [0.25, 0.3) is 0 Å². The maximum Gasteiger partial charge on any atom is 0.326 e. The van der Waals surface area contributed by atoms with Gasteiger partial charge in [0.05, 0.1) is 21.3 Å². The lowest BCUT2D eigenvalue weighted by atomic mass is 10.1. The van der Waals surface area contributed by atoms with Gasteiger partial charge in [-0.2, -0.15) is 0 Å². The highest BCUT2D eigenvalue weighted by Gasteiger charge is 2.27. The summed E-state index contributed by atoms with van der Waals surface area (Å²) in [6, 6.07) is 11.0. The molecule has 2 aromatic rings. The van der Waals surface area contributed by atoms with Crippen LogP contribution in [0.4, 0.5) is 10.5 Å². The maximum absolute atomic E-state index is 12.8. The van der Waals surface area contributed by atoms with Crippen LogP contribution in [0.15, 0.2) is 42.5 Å². The summed E-state index contributed by atoms with van der Waals surface area (Å²) in [6.07, 6.45) is 1.58. The van der Waals surface area contributed by atoms with Gasteiger partial charge < -0.3 is 5.73 Å². The quantitative estimate of drug-likeness (QED) is 0.870. The fourth-order valence-corrected chi connectivity index (χ4v) is 2.91. The third kappa shape index (κ3) is 3.66. The molecule has 2 N–H and O–H groups in total. The van der Waals surface area contributed by atoms with E-state index in [1.54, 1.807) is 18.2 Å². The first kappa shape index (κ1) is 17.3. The summed E-state index contributed by atoms with van der Waals surface area (Å²) < 4.78 is 0. The summed E-state index contributed by atoms with van der Waals surface area (Å²) >= 11 is 12.2. The monoisotopic (exact) mass is 350 g/mol. The molecule has 0 atom stereocenters. The van der Waals surface area contributed by atoms with Crippen LogP contribution < -0.4 is 10.6 Å². The Bertz CT molecular complexity index is 727. The van der Waals surface area contributed by atoms with E-state index in [-0.39, 0.29) is 15.6 Å². The van der Waals surface area contributed by atoms with Crippen molar-refractivity contribution in [2.45, 2.75) is 19.8 Å². The average Bonchev–Trinajstić information content (AvgIpc) is 2.49. The van der Waals surface area contributed by atoms with Crippen molar-refractivity contribution >= 4 is 40.8 Å². The summed E-state index contributed by atoms with van der Waals surface area (Å²) in [5, 5.41) is 0.337. The van der Waals surface area contributed by atoms with E-state index in [9.17, 15) is 9.59 Å². The number of anilines is 1. The topological polar surface area (TPSA) is 63.4 Å². The lowest BCUT2D eigenvalue weighted by molar-refractivity contribution is 0.0995. The second-order valence-electron chi connectivity index (χ2n) is 4.95. The van der Waals surface area contributed by atoms with Crippen LogP contribution in [0.2, 0.25) is 10.0 Å². The summed E-state index contributed by atoms with van der Waals surface area (Å²) in [4.78, 5) is 25.7. The number of aryl methyl sites for hydroxylation is 1. The van der Waals surface area contributed by atoms with Gasteiger partial charge in [0.25, 0.3) is 5.91 Å². The van der Waals surface area contributed by atoms with Gasteiger partial charge >= 0.3 is 6.03 Å². The van der Waals surface area contributed by atoms with Crippen molar-refractivity contribution in [1.29, 1.82) is 0 Å². The van der Waals surface area contributed by atoms with Crippen molar-refractivity contribution in [1.82, 2.24) is 0 Å². The van der Waals surface area contributed by atoms with Gasteiger partial charge in [-0.1, -0.05) is 60.8 Å². The van der Waals surface area contributed by atoms with E-state index in [0.717, 1.165) is 16.9 Å². The lowest BCUT2D eigenvalue weighted by Gasteiger charge is -2.22. The number of urea groups is 1. The fourth-order valence-electron chi connectivity index (χ4n) is 2.35. The minimum atomic E-state index is -0.880. The highest BCUT2D eigenvalue weighted by atomic mass is 35.5. The van der Waals surface area contributed by atoms with E-state index in [2.05, 4.69) is 0 Å². The highest BCUT2D eigenvalue weighted by molar-refractivity contribution is 6.41. The number of hydrogen-bond acceptors (Lipinski definition) is 2. The molecule has 0 aliphatic heterocycles. The minimum Gasteiger partial charge on any atom is -0.351 e. The number of para-hydroxylation sites is 1. The number of imide groups is 1. The third-order valence-corrected chi connectivity index (χ3v) is 3.98. The predicted molar refractivity (Wildman–Crippen MR) is 93.3 cm³/mol. The maximum atomic E-state index is 12.8. The van der Waals surface area contributed by atoms with Crippen LogP contribution in [0.1, 0.15) is 29.3 Å². The Labute approximate surface area is 144 Å². The molecule has 0 bridgehead atoms. The van der Waals surface area contributed by atoms with E-state index < -0.39 is 11.9 Å². The van der Waals surface area contributed by atoms with E-state index in [1.807, 2.05) is 19.1 Å². The zero-order valence-corrected chi connectivity index (χ0v) is 14.1.